The molecule has 0 heterocycles. The van der Waals surface area contributed by atoms with Gasteiger partial charge in [0.2, 0.25) is 0 Å². The van der Waals surface area contributed by atoms with E-state index in [1.165, 1.54) is 0 Å². The molecule has 0 aromatic carbocycles. The van der Waals surface area contributed by atoms with Gasteiger partial charge in [0.15, 0.2) is 0 Å². The normalized spacial score (nSPS) is 3.60. The molecule has 0 aliphatic heterocycles. The van der Waals surface area contributed by atoms with Crippen LogP contribution < -0.4 is 0 Å². The summed E-state index contributed by atoms with van der Waals surface area (Å²) in [5.74, 6) is 0. The Labute approximate surface area is 39.7 Å². The predicted octanol–water partition coefficient (Wildman–Crippen LogP) is 0.771. The van der Waals surface area contributed by atoms with E-state index >= 15 is 0 Å². The van der Waals surface area contributed by atoms with E-state index in [4.69, 9.17) is 9.90 Å². The molecule has 0 aliphatic rings. The smallest absolute Gasteiger partial charge is 0.290 e. The Morgan fingerprint density at radius 2 is 1.80 bits per heavy atom. The third-order valence-electron chi connectivity index (χ3n) is 0. The summed E-state index contributed by atoms with van der Waals surface area (Å²) in [6.07, 6.45) is 0. The summed E-state index contributed by atoms with van der Waals surface area (Å²) in [4.78, 5) is 8.36. The van der Waals surface area contributed by atoms with Crippen LogP contribution in [0.3, 0.4) is 0 Å². The molecule has 0 atom stereocenters. The van der Waals surface area contributed by atoms with Crippen LogP contribution in [0.2, 0.25) is 0 Å². The first kappa shape index (κ1) is 8.92. The summed E-state index contributed by atoms with van der Waals surface area (Å²) < 4.78 is 0. The Kier molecular flexibility index (Phi) is 57.6. The lowest BCUT2D eigenvalue weighted by Gasteiger charge is -1.34. The van der Waals surface area contributed by atoms with Gasteiger partial charge in [-0.2, -0.15) is 0 Å². The first-order chi connectivity index (χ1) is 2.41. The quantitative estimate of drug-likeness (QED) is 0.361. The topological polar surface area (TPSA) is 37.3 Å². The number of carbonyl (C=O) groups is 1. The molecular weight excluding hydrogens is 112 g/mol. The largest absolute Gasteiger partial charge is 0.483 e. The number of hydrogen-bond donors (Lipinski definition) is 2. The second kappa shape index (κ2) is 32.3. The maximum Gasteiger partial charge on any atom is 0.290 e. The van der Waals surface area contributed by atoms with Gasteiger partial charge in [-0.1, -0.05) is 11.8 Å². The summed E-state index contributed by atoms with van der Waals surface area (Å²) in [6, 6.07) is 0. The minimum absolute atomic E-state index is 0.250. The standard InChI is InChI=1S/CH2O2.ClHS/c2-1-3;1-2/h1H,(H,2,3);2H. The first-order valence-corrected chi connectivity index (χ1v) is 2.02. The van der Waals surface area contributed by atoms with Crippen LogP contribution in [0.5, 0.6) is 0 Å². The van der Waals surface area contributed by atoms with E-state index in [-0.39, 0.29) is 6.47 Å². The summed E-state index contributed by atoms with van der Waals surface area (Å²) in [5, 5.41) is 6.89. The summed E-state index contributed by atoms with van der Waals surface area (Å²) >= 11 is 3.00. The zero-order valence-electron chi connectivity index (χ0n) is 2.26. The number of hydrogen-bond acceptors (Lipinski definition) is 2. The van der Waals surface area contributed by atoms with Crippen molar-refractivity contribution < 1.29 is 9.90 Å². The Bertz CT molecular complexity index is 17.1. The van der Waals surface area contributed by atoms with Gasteiger partial charge in [0.1, 0.15) is 0 Å². The zero-order chi connectivity index (χ0) is 4.71. The highest BCUT2D eigenvalue weighted by Gasteiger charge is 1.22. The van der Waals surface area contributed by atoms with Crippen molar-refractivity contribution in [3.63, 3.8) is 0 Å². The second-order valence-electron chi connectivity index (χ2n) is 0.105. The predicted molar refractivity (Wildman–Crippen MR) is 23.5 cm³/mol. The molecule has 0 fully saturated rings. The van der Waals surface area contributed by atoms with Crippen LogP contribution in [0.15, 0.2) is 0 Å². The monoisotopic (exact) mass is 114 g/mol. The summed E-state index contributed by atoms with van der Waals surface area (Å²) in [7, 11) is 4.33. The van der Waals surface area contributed by atoms with Gasteiger partial charge in [-0.25, -0.2) is 0 Å². The fourth-order valence-corrected chi connectivity index (χ4v) is 0. The molecule has 1 N–H and O–H groups in total. The molecular formula is CH3ClO2S. The molecule has 2 nitrogen and oxygen atoms in total. The molecule has 0 saturated carbocycles. The first-order valence-electron chi connectivity index (χ1n) is 0.663. The van der Waals surface area contributed by atoms with Gasteiger partial charge in [-0.3, -0.25) is 4.79 Å². The van der Waals surface area contributed by atoms with Crippen molar-refractivity contribution in [1.82, 2.24) is 0 Å². The lowest BCUT2D eigenvalue weighted by Crippen LogP contribution is -1.49. The molecule has 0 rings (SSSR count). The molecule has 0 aromatic rings. The Morgan fingerprint density at radius 3 is 1.80 bits per heavy atom. The van der Waals surface area contributed by atoms with Gasteiger partial charge in [-0.15, -0.1) is 0 Å². The lowest BCUT2D eigenvalue weighted by atomic mass is 11.7. The molecule has 0 aromatic heterocycles. The molecule has 0 unspecified atom stereocenters. The minimum Gasteiger partial charge on any atom is -0.483 e. The third-order valence-corrected chi connectivity index (χ3v) is 0. The zero-order valence-corrected chi connectivity index (χ0v) is 3.91. The molecule has 0 radical (unpaired) electrons. The van der Waals surface area contributed by atoms with Gasteiger partial charge in [0.05, 0.1) is 0 Å². The highest BCUT2D eigenvalue weighted by Crippen LogP contribution is 1.67. The van der Waals surface area contributed by atoms with E-state index in [1.54, 1.807) is 0 Å². The van der Waals surface area contributed by atoms with Crippen LogP contribution in [0, 0.1) is 0 Å². The molecule has 0 aliphatic carbocycles. The Balaban J connectivity index is 0. The van der Waals surface area contributed by atoms with E-state index in [0.717, 1.165) is 0 Å². The van der Waals surface area contributed by atoms with Crippen molar-refractivity contribution in [1.29, 1.82) is 0 Å². The van der Waals surface area contributed by atoms with Crippen molar-refractivity contribution in [2.24, 2.45) is 0 Å². The molecule has 0 spiro atoms. The van der Waals surface area contributed by atoms with Gasteiger partial charge >= 0.3 is 0 Å². The summed E-state index contributed by atoms with van der Waals surface area (Å²) in [6.45, 7) is -0.250. The van der Waals surface area contributed by atoms with Crippen LogP contribution in [0.25, 0.3) is 0 Å². The maximum absolute atomic E-state index is 8.36. The van der Waals surface area contributed by atoms with Gasteiger partial charge in [0, 0.05) is 0 Å². The van der Waals surface area contributed by atoms with E-state index < -0.39 is 0 Å². The van der Waals surface area contributed by atoms with Gasteiger partial charge in [-0.05, 0) is 10.7 Å². The van der Waals surface area contributed by atoms with E-state index in [1.807, 2.05) is 0 Å². The number of carboxylic acid groups (broad SMARTS) is 1. The fourth-order valence-electron chi connectivity index (χ4n) is 0. The van der Waals surface area contributed by atoms with Gasteiger partial charge in [0.25, 0.3) is 6.47 Å². The van der Waals surface area contributed by atoms with Gasteiger partial charge < -0.3 is 5.11 Å². The molecule has 5 heavy (non-hydrogen) atoms. The van der Waals surface area contributed by atoms with Crippen molar-refractivity contribution in [3.05, 3.63) is 0 Å². The van der Waals surface area contributed by atoms with Crippen LogP contribution in [0.1, 0.15) is 0 Å². The molecule has 32 valence electrons. The second-order valence-corrected chi connectivity index (χ2v) is 0.105. The number of rotatable bonds is 0. The van der Waals surface area contributed by atoms with Crippen molar-refractivity contribution >= 4 is 29.0 Å². The van der Waals surface area contributed by atoms with Crippen molar-refractivity contribution in [3.8, 4) is 0 Å². The van der Waals surface area contributed by atoms with Crippen LogP contribution in [-0.2, 0) is 4.79 Å². The molecule has 0 amide bonds. The van der Waals surface area contributed by atoms with Crippen LogP contribution >= 0.6 is 22.5 Å². The molecule has 4 heteroatoms. The van der Waals surface area contributed by atoms with Crippen molar-refractivity contribution in [2.75, 3.05) is 0 Å². The fraction of sp³-hybridized carbons (Fsp3) is 0. The highest BCUT2D eigenvalue weighted by molar-refractivity contribution is 8.05. The van der Waals surface area contributed by atoms with Crippen LogP contribution in [0.4, 0.5) is 0 Å². The third kappa shape index (κ3) is 1510. The minimum atomic E-state index is -0.250. The Morgan fingerprint density at radius 1 is 1.80 bits per heavy atom. The SMILES string of the molecule is O=CO.SCl. The molecule has 0 saturated heterocycles. The van der Waals surface area contributed by atoms with E-state index in [9.17, 15) is 0 Å². The van der Waals surface area contributed by atoms with E-state index in [0.29, 0.717) is 0 Å². The number of halogens is 1. The maximum atomic E-state index is 8.36. The molecule has 0 bridgehead atoms. The number of thiol groups is 1. The highest BCUT2D eigenvalue weighted by atomic mass is 35.7. The Hall–Kier alpha value is 0.110. The van der Waals surface area contributed by atoms with Crippen LogP contribution in [-0.4, -0.2) is 11.6 Å². The average Bonchev–Trinajstić information content (AvgIpc) is 1.46. The van der Waals surface area contributed by atoms with Crippen molar-refractivity contribution in [2.45, 2.75) is 0 Å². The summed E-state index contributed by atoms with van der Waals surface area (Å²) in [5.41, 5.74) is 0. The lowest BCUT2D eigenvalue weighted by molar-refractivity contribution is -0.122. The average molecular weight is 115 g/mol. The van der Waals surface area contributed by atoms with E-state index in [2.05, 4.69) is 22.5 Å².